The Hall–Kier alpha value is -2.09. The lowest BCUT2D eigenvalue weighted by Crippen LogP contribution is -1.79. The fourth-order valence-electron chi connectivity index (χ4n) is 2.43. The molecule has 0 aliphatic carbocycles. The van der Waals surface area contributed by atoms with Crippen LogP contribution in [0.2, 0.25) is 0 Å². The molecule has 0 unspecified atom stereocenters. The van der Waals surface area contributed by atoms with Crippen LogP contribution < -0.4 is 4.74 Å². The maximum atomic E-state index is 9.00. The van der Waals surface area contributed by atoms with Crippen molar-refractivity contribution in [3.05, 3.63) is 42.0 Å². The summed E-state index contributed by atoms with van der Waals surface area (Å²) in [5, 5.41) is 11.5. The summed E-state index contributed by atoms with van der Waals surface area (Å²) >= 11 is 3.55. The molecule has 4 rings (SSSR count). The minimum Gasteiger partial charge on any atom is -0.497 e. The van der Waals surface area contributed by atoms with Crippen molar-refractivity contribution >= 4 is 52.2 Å². The Balaban J connectivity index is 2.11. The number of rotatable bonds is 1. The van der Waals surface area contributed by atoms with Crippen LogP contribution in [0.15, 0.2) is 36.4 Å². The number of methoxy groups -OCH3 is 1. The molecule has 0 aliphatic heterocycles. The van der Waals surface area contributed by atoms with E-state index in [1.807, 2.05) is 18.2 Å². The highest BCUT2D eigenvalue weighted by Crippen LogP contribution is 2.44. The summed E-state index contributed by atoms with van der Waals surface area (Å²) in [6.45, 7) is 0. The molecule has 0 radical (unpaired) electrons. The molecule has 0 saturated carbocycles. The van der Waals surface area contributed by atoms with Gasteiger partial charge in [0, 0.05) is 20.2 Å². The highest BCUT2D eigenvalue weighted by atomic mass is 32.1. The van der Waals surface area contributed by atoms with Gasteiger partial charge in [-0.25, -0.2) is 0 Å². The van der Waals surface area contributed by atoms with Crippen molar-refractivity contribution in [2.45, 2.75) is 0 Å². The van der Waals surface area contributed by atoms with Crippen LogP contribution in [0.4, 0.5) is 0 Å². The van der Waals surface area contributed by atoms with E-state index in [1.165, 1.54) is 29.6 Å². The molecule has 0 N–H and O–H groups in total. The Morgan fingerprint density at radius 1 is 0.950 bits per heavy atom. The second-order valence-corrected chi connectivity index (χ2v) is 6.65. The highest BCUT2D eigenvalue weighted by molar-refractivity contribution is 7.36. The van der Waals surface area contributed by atoms with E-state index < -0.39 is 0 Å². The highest BCUT2D eigenvalue weighted by Gasteiger charge is 2.12. The van der Waals surface area contributed by atoms with Crippen molar-refractivity contribution in [1.82, 2.24) is 0 Å². The quantitative estimate of drug-likeness (QED) is 0.486. The zero-order valence-electron chi connectivity index (χ0n) is 10.6. The summed E-state index contributed by atoms with van der Waals surface area (Å²) in [4.78, 5) is 0. The van der Waals surface area contributed by atoms with Crippen LogP contribution in [-0.2, 0) is 0 Å². The van der Waals surface area contributed by atoms with Crippen LogP contribution in [0.25, 0.3) is 29.6 Å². The zero-order chi connectivity index (χ0) is 13.7. The van der Waals surface area contributed by atoms with E-state index in [9.17, 15) is 0 Å². The maximum Gasteiger partial charge on any atom is 0.120 e. The lowest BCUT2D eigenvalue weighted by molar-refractivity contribution is 0.415. The zero-order valence-corrected chi connectivity index (χ0v) is 12.3. The molecule has 4 aromatic rings. The molecule has 96 valence electrons. The number of fused-ring (bicyclic) bond motifs is 5. The number of ether oxygens (including phenoxy) is 1. The molecule has 2 aromatic carbocycles. The van der Waals surface area contributed by atoms with Gasteiger partial charge in [-0.15, -0.1) is 22.7 Å². The molecule has 2 nitrogen and oxygen atoms in total. The first-order chi connectivity index (χ1) is 9.80. The van der Waals surface area contributed by atoms with Gasteiger partial charge >= 0.3 is 0 Å². The first kappa shape index (κ1) is 11.7. The van der Waals surface area contributed by atoms with Crippen LogP contribution in [0.5, 0.6) is 5.75 Å². The molecule has 2 heterocycles. The van der Waals surface area contributed by atoms with Gasteiger partial charge in [0.15, 0.2) is 0 Å². The van der Waals surface area contributed by atoms with Crippen LogP contribution >= 0.6 is 22.7 Å². The summed E-state index contributed by atoms with van der Waals surface area (Å²) < 4.78 is 10.3. The van der Waals surface area contributed by atoms with Crippen LogP contribution in [0, 0.1) is 11.3 Å². The molecule has 20 heavy (non-hydrogen) atoms. The van der Waals surface area contributed by atoms with Crippen LogP contribution in [0.1, 0.15) is 5.56 Å². The SMILES string of the molecule is COc1ccc2c(c1)sc1c3ccc(C#N)cc3sc21. The van der Waals surface area contributed by atoms with E-state index in [4.69, 9.17) is 10.00 Å². The molecule has 4 heteroatoms. The molecule has 0 spiro atoms. The first-order valence-corrected chi connectivity index (χ1v) is 7.76. The monoisotopic (exact) mass is 295 g/mol. The Morgan fingerprint density at radius 3 is 2.25 bits per heavy atom. The Bertz CT molecular complexity index is 1000. The maximum absolute atomic E-state index is 9.00. The minimum atomic E-state index is 0.720. The number of thiophene rings is 2. The molecule has 0 bridgehead atoms. The van der Waals surface area contributed by atoms with Gasteiger partial charge in [0.25, 0.3) is 0 Å². The third kappa shape index (κ3) is 1.54. The van der Waals surface area contributed by atoms with Gasteiger partial charge in [0.2, 0.25) is 0 Å². The normalized spacial score (nSPS) is 11.2. The average Bonchev–Trinajstić information content (AvgIpc) is 3.01. The fraction of sp³-hybridized carbons (Fsp3) is 0.0625. The van der Waals surface area contributed by atoms with E-state index in [-0.39, 0.29) is 0 Å². The Kier molecular flexibility index (Phi) is 2.46. The lowest BCUT2D eigenvalue weighted by Gasteiger charge is -1.97. The van der Waals surface area contributed by atoms with Gasteiger partial charge in [-0.3, -0.25) is 0 Å². The van der Waals surface area contributed by atoms with Gasteiger partial charge in [0.05, 0.1) is 28.1 Å². The van der Waals surface area contributed by atoms with Crippen molar-refractivity contribution in [1.29, 1.82) is 5.26 Å². The van der Waals surface area contributed by atoms with Gasteiger partial charge in [-0.05, 0) is 30.3 Å². The number of hydrogen-bond donors (Lipinski definition) is 0. The average molecular weight is 295 g/mol. The van der Waals surface area contributed by atoms with Gasteiger partial charge in [-0.1, -0.05) is 6.07 Å². The van der Waals surface area contributed by atoms with Crippen molar-refractivity contribution in [3.8, 4) is 11.8 Å². The van der Waals surface area contributed by atoms with E-state index in [1.54, 1.807) is 29.8 Å². The predicted molar refractivity (Wildman–Crippen MR) is 86.0 cm³/mol. The summed E-state index contributed by atoms with van der Waals surface area (Å²) in [6.07, 6.45) is 0. The lowest BCUT2D eigenvalue weighted by atomic mass is 10.2. The number of benzene rings is 2. The molecule has 0 atom stereocenters. The van der Waals surface area contributed by atoms with E-state index in [0.29, 0.717) is 0 Å². The summed E-state index contributed by atoms with van der Waals surface area (Å²) in [5.74, 6) is 0.891. The second-order valence-electron chi connectivity index (χ2n) is 4.55. The third-order valence-corrected chi connectivity index (χ3v) is 5.92. The molecule has 0 aliphatic rings. The van der Waals surface area contributed by atoms with Crippen molar-refractivity contribution in [2.24, 2.45) is 0 Å². The van der Waals surface area contributed by atoms with Gasteiger partial charge < -0.3 is 4.74 Å². The first-order valence-electron chi connectivity index (χ1n) is 6.13. The number of nitrogens with zero attached hydrogens (tertiary/aromatic N) is 1. The summed E-state index contributed by atoms with van der Waals surface area (Å²) in [7, 11) is 1.69. The van der Waals surface area contributed by atoms with Crippen molar-refractivity contribution < 1.29 is 4.74 Å². The smallest absolute Gasteiger partial charge is 0.120 e. The number of hydrogen-bond acceptors (Lipinski definition) is 4. The third-order valence-electron chi connectivity index (χ3n) is 3.42. The van der Waals surface area contributed by atoms with Gasteiger partial charge in [-0.2, -0.15) is 5.26 Å². The summed E-state index contributed by atoms with van der Waals surface area (Å²) in [6, 6.07) is 14.3. The van der Waals surface area contributed by atoms with Crippen LogP contribution in [0.3, 0.4) is 0 Å². The van der Waals surface area contributed by atoms with Crippen molar-refractivity contribution in [3.63, 3.8) is 0 Å². The van der Waals surface area contributed by atoms with Crippen molar-refractivity contribution in [2.75, 3.05) is 7.11 Å². The Morgan fingerprint density at radius 2 is 1.60 bits per heavy atom. The molecular weight excluding hydrogens is 286 g/mol. The second kappa shape index (κ2) is 4.20. The van der Waals surface area contributed by atoms with Crippen LogP contribution in [-0.4, -0.2) is 7.11 Å². The van der Waals surface area contributed by atoms with E-state index in [2.05, 4.69) is 24.3 Å². The fourth-order valence-corrected chi connectivity index (χ4v) is 5.15. The Labute approximate surface area is 123 Å². The minimum absolute atomic E-state index is 0.720. The standard InChI is InChI=1S/C16H9NOS2/c1-18-10-3-5-12-14(7-10)20-15-11-4-2-9(8-17)6-13(11)19-16(12)15/h2-7H,1H3. The van der Waals surface area contributed by atoms with Gasteiger partial charge in [0.1, 0.15) is 5.75 Å². The molecule has 0 saturated heterocycles. The molecule has 0 amide bonds. The predicted octanol–water partition coefficient (Wildman–Crippen LogP) is 5.15. The van der Waals surface area contributed by atoms with E-state index in [0.717, 1.165) is 11.3 Å². The molecular formula is C16H9NOS2. The van der Waals surface area contributed by atoms with E-state index >= 15 is 0 Å². The topological polar surface area (TPSA) is 33.0 Å². The number of nitriles is 1. The molecule has 2 aromatic heterocycles. The summed E-state index contributed by atoms with van der Waals surface area (Å²) in [5.41, 5.74) is 0.720. The largest absolute Gasteiger partial charge is 0.497 e. The molecule has 0 fully saturated rings.